The third kappa shape index (κ3) is 3.45. The Kier molecular flexibility index (Phi) is 4.36. The number of carbonyl (C=O) groups excluding carboxylic acids is 1. The van der Waals surface area contributed by atoms with Gasteiger partial charge in [0.15, 0.2) is 0 Å². The van der Waals surface area contributed by atoms with Crippen LogP contribution in [-0.2, 0) is 6.42 Å². The lowest BCUT2D eigenvalue weighted by Gasteiger charge is -2.16. The molecule has 0 fully saturated rings. The van der Waals surface area contributed by atoms with Crippen LogP contribution < -0.4 is 5.32 Å². The molecule has 3 N–H and O–H groups in total. The first-order chi connectivity index (χ1) is 9.20. The predicted molar refractivity (Wildman–Crippen MR) is 74.0 cm³/mol. The molecular formula is C15H18N2O2. The summed E-state index contributed by atoms with van der Waals surface area (Å²) in [6.07, 6.45) is 2.35. The van der Waals surface area contributed by atoms with E-state index in [1.165, 1.54) is 0 Å². The van der Waals surface area contributed by atoms with E-state index >= 15 is 0 Å². The largest absolute Gasteiger partial charge is 0.394 e. The Bertz CT molecular complexity index is 534. The second kappa shape index (κ2) is 6.20. The van der Waals surface area contributed by atoms with Crippen molar-refractivity contribution < 1.29 is 9.90 Å². The first-order valence-electron chi connectivity index (χ1n) is 6.30. The van der Waals surface area contributed by atoms with Crippen LogP contribution in [0.2, 0.25) is 0 Å². The van der Waals surface area contributed by atoms with Gasteiger partial charge in [-0.2, -0.15) is 0 Å². The fraction of sp³-hybridized carbons (Fsp3) is 0.267. The molecule has 4 nitrogen and oxygen atoms in total. The van der Waals surface area contributed by atoms with Crippen molar-refractivity contribution in [1.29, 1.82) is 0 Å². The fourth-order valence-electron chi connectivity index (χ4n) is 2.02. The number of nitrogens with one attached hydrogen (secondary N) is 2. The van der Waals surface area contributed by atoms with Gasteiger partial charge in [0.1, 0.15) is 0 Å². The molecule has 0 aliphatic rings. The molecule has 1 atom stereocenters. The van der Waals surface area contributed by atoms with Crippen LogP contribution in [-0.4, -0.2) is 28.6 Å². The lowest BCUT2D eigenvalue weighted by atomic mass is 10.1. The van der Waals surface area contributed by atoms with Crippen LogP contribution in [0, 0.1) is 6.92 Å². The molecule has 1 heterocycles. The minimum absolute atomic E-state index is 0.0793. The standard InChI is InChI=1S/C15H18N2O2/c1-11-14(7-8-16-11)15(19)17-13(10-18)9-12-5-3-2-4-6-12/h2-8,13,16,18H,9-10H2,1H3,(H,17,19)/t13-/m1/s1. The third-order valence-corrected chi connectivity index (χ3v) is 3.08. The third-order valence-electron chi connectivity index (χ3n) is 3.08. The zero-order valence-corrected chi connectivity index (χ0v) is 10.9. The van der Waals surface area contributed by atoms with Crippen LogP contribution >= 0.6 is 0 Å². The summed E-state index contributed by atoms with van der Waals surface area (Å²) in [5.74, 6) is -0.159. The van der Waals surface area contributed by atoms with Crippen molar-refractivity contribution in [3.05, 3.63) is 59.4 Å². The monoisotopic (exact) mass is 258 g/mol. The first-order valence-corrected chi connectivity index (χ1v) is 6.30. The number of H-pyrrole nitrogens is 1. The molecule has 2 rings (SSSR count). The average Bonchev–Trinajstić information content (AvgIpc) is 2.85. The van der Waals surface area contributed by atoms with Gasteiger partial charge >= 0.3 is 0 Å². The van der Waals surface area contributed by atoms with Crippen LogP contribution in [0.25, 0.3) is 0 Å². The smallest absolute Gasteiger partial charge is 0.253 e. The molecule has 0 aliphatic carbocycles. The van der Waals surface area contributed by atoms with Gasteiger partial charge in [0, 0.05) is 11.9 Å². The molecule has 0 saturated heterocycles. The van der Waals surface area contributed by atoms with E-state index in [-0.39, 0.29) is 18.6 Å². The number of benzene rings is 1. The van der Waals surface area contributed by atoms with Gasteiger partial charge in [-0.05, 0) is 25.0 Å². The Hall–Kier alpha value is -2.07. The number of amides is 1. The second-order valence-electron chi connectivity index (χ2n) is 4.56. The molecule has 1 aromatic carbocycles. The van der Waals surface area contributed by atoms with Crippen LogP contribution in [0.15, 0.2) is 42.6 Å². The second-order valence-corrected chi connectivity index (χ2v) is 4.56. The highest BCUT2D eigenvalue weighted by molar-refractivity contribution is 5.95. The molecule has 19 heavy (non-hydrogen) atoms. The number of rotatable bonds is 5. The van der Waals surface area contributed by atoms with Gasteiger partial charge in [0.2, 0.25) is 0 Å². The summed E-state index contributed by atoms with van der Waals surface area (Å²) in [5, 5.41) is 12.2. The Balaban J connectivity index is 2.00. The lowest BCUT2D eigenvalue weighted by Crippen LogP contribution is -2.39. The van der Waals surface area contributed by atoms with Gasteiger partial charge in [-0.3, -0.25) is 4.79 Å². The Labute approximate surface area is 112 Å². The zero-order valence-electron chi connectivity index (χ0n) is 10.9. The molecule has 2 aromatic rings. The summed E-state index contributed by atoms with van der Waals surface area (Å²) in [7, 11) is 0. The molecule has 0 spiro atoms. The summed E-state index contributed by atoms with van der Waals surface area (Å²) >= 11 is 0. The van der Waals surface area contributed by atoms with Crippen LogP contribution in [0.3, 0.4) is 0 Å². The number of aromatic nitrogens is 1. The summed E-state index contributed by atoms with van der Waals surface area (Å²) < 4.78 is 0. The van der Waals surface area contributed by atoms with Gasteiger partial charge in [-0.1, -0.05) is 30.3 Å². The van der Waals surface area contributed by atoms with Crippen LogP contribution in [0.5, 0.6) is 0 Å². The van der Waals surface area contributed by atoms with E-state index in [2.05, 4.69) is 10.3 Å². The molecular weight excluding hydrogens is 240 g/mol. The van der Waals surface area contributed by atoms with Crippen molar-refractivity contribution in [2.75, 3.05) is 6.61 Å². The minimum Gasteiger partial charge on any atom is -0.394 e. The van der Waals surface area contributed by atoms with Crippen molar-refractivity contribution in [3.63, 3.8) is 0 Å². The van der Waals surface area contributed by atoms with Gasteiger partial charge in [0.05, 0.1) is 18.2 Å². The summed E-state index contributed by atoms with van der Waals surface area (Å²) in [4.78, 5) is 15.0. The van der Waals surface area contributed by atoms with Crippen LogP contribution in [0.4, 0.5) is 0 Å². The summed E-state index contributed by atoms with van der Waals surface area (Å²) in [6.45, 7) is 1.77. The zero-order chi connectivity index (χ0) is 13.7. The van der Waals surface area contributed by atoms with E-state index in [0.29, 0.717) is 12.0 Å². The quantitative estimate of drug-likeness (QED) is 0.763. The SMILES string of the molecule is Cc1[nH]ccc1C(=O)N[C@@H](CO)Cc1ccccc1. The number of aliphatic hydroxyl groups excluding tert-OH is 1. The van der Waals surface area contributed by atoms with Gasteiger partial charge < -0.3 is 15.4 Å². The van der Waals surface area contributed by atoms with Crippen molar-refractivity contribution in [1.82, 2.24) is 10.3 Å². The molecule has 4 heteroatoms. The van der Waals surface area contributed by atoms with Gasteiger partial charge in [0.25, 0.3) is 5.91 Å². The van der Waals surface area contributed by atoms with Crippen molar-refractivity contribution in [2.24, 2.45) is 0 Å². The number of aromatic amines is 1. The molecule has 1 aromatic heterocycles. The fourth-order valence-corrected chi connectivity index (χ4v) is 2.02. The normalized spacial score (nSPS) is 12.1. The maximum Gasteiger partial charge on any atom is 0.253 e. The lowest BCUT2D eigenvalue weighted by molar-refractivity contribution is 0.0916. The molecule has 0 unspecified atom stereocenters. The highest BCUT2D eigenvalue weighted by Crippen LogP contribution is 2.07. The number of aliphatic hydroxyl groups is 1. The Morgan fingerprint density at radius 3 is 2.63 bits per heavy atom. The molecule has 100 valence electrons. The average molecular weight is 258 g/mol. The Morgan fingerprint density at radius 2 is 2.05 bits per heavy atom. The molecule has 0 aliphatic heterocycles. The van der Waals surface area contributed by atoms with E-state index in [4.69, 9.17) is 0 Å². The van der Waals surface area contributed by atoms with Gasteiger partial charge in [-0.25, -0.2) is 0 Å². The molecule has 0 saturated carbocycles. The number of aryl methyl sites for hydroxylation is 1. The number of carbonyl (C=O) groups is 1. The number of hydrogen-bond acceptors (Lipinski definition) is 2. The molecule has 0 radical (unpaired) electrons. The predicted octanol–water partition coefficient (Wildman–Crippen LogP) is 1.66. The first kappa shape index (κ1) is 13.4. The molecule has 1 amide bonds. The highest BCUT2D eigenvalue weighted by atomic mass is 16.3. The Morgan fingerprint density at radius 1 is 1.32 bits per heavy atom. The van der Waals surface area contributed by atoms with Crippen LogP contribution in [0.1, 0.15) is 21.6 Å². The summed E-state index contributed by atoms with van der Waals surface area (Å²) in [6, 6.07) is 11.3. The topological polar surface area (TPSA) is 65.1 Å². The maximum atomic E-state index is 12.0. The summed E-state index contributed by atoms with van der Waals surface area (Å²) in [5.41, 5.74) is 2.54. The van der Waals surface area contributed by atoms with Crippen molar-refractivity contribution >= 4 is 5.91 Å². The van der Waals surface area contributed by atoms with E-state index in [0.717, 1.165) is 11.3 Å². The van der Waals surface area contributed by atoms with E-state index in [9.17, 15) is 9.90 Å². The van der Waals surface area contributed by atoms with Crippen molar-refractivity contribution in [2.45, 2.75) is 19.4 Å². The maximum absolute atomic E-state index is 12.0. The van der Waals surface area contributed by atoms with Gasteiger partial charge in [-0.15, -0.1) is 0 Å². The van der Waals surface area contributed by atoms with E-state index < -0.39 is 0 Å². The minimum atomic E-state index is -0.274. The van der Waals surface area contributed by atoms with E-state index in [1.807, 2.05) is 37.3 Å². The van der Waals surface area contributed by atoms with Crippen molar-refractivity contribution in [3.8, 4) is 0 Å². The van der Waals surface area contributed by atoms with E-state index in [1.54, 1.807) is 12.3 Å². The molecule has 0 bridgehead atoms. The highest BCUT2D eigenvalue weighted by Gasteiger charge is 2.15. The number of hydrogen-bond donors (Lipinski definition) is 3.